The lowest BCUT2D eigenvalue weighted by atomic mass is 10.3. The molecule has 1 N–H and O–H groups in total. The molecule has 68 valence electrons. The Labute approximate surface area is 73.1 Å². The van der Waals surface area contributed by atoms with Crippen LogP contribution in [0.2, 0.25) is 0 Å². The fourth-order valence-corrected chi connectivity index (χ4v) is 1.83. The molecule has 3 heteroatoms. The van der Waals surface area contributed by atoms with Gasteiger partial charge in [0, 0.05) is 6.54 Å². The smallest absolute Gasteiger partial charge is 0.237 e. The molecule has 0 aromatic carbocycles. The molecule has 12 heavy (non-hydrogen) atoms. The van der Waals surface area contributed by atoms with Crippen molar-refractivity contribution in [3.8, 4) is 0 Å². The quantitative estimate of drug-likeness (QED) is 0.648. The molecule has 2 aliphatic rings. The van der Waals surface area contributed by atoms with Crippen LogP contribution in [0.3, 0.4) is 0 Å². The van der Waals surface area contributed by atoms with Crippen LogP contribution in [0.15, 0.2) is 0 Å². The molecule has 2 fully saturated rings. The van der Waals surface area contributed by atoms with Crippen LogP contribution in [0.1, 0.15) is 20.3 Å². The van der Waals surface area contributed by atoms with Crippen LogP contribution in [-0.4, -0.2) is 30.1 Å². The van der Waals surface area contributed by atoms with Gasteiger partial charge in [-0.15, -0.1) is 0 Å². The van der Waals surface area contributed by atoms with Gasteiger partial charge in [-0.25, -0.2) is 0 Å². The number of rotatable bonds is 2. The highest BCUT2D eigenvalue weighted by molar-refractivity contribution is 5.80. The minimum Gasteiger partial charge on any atom is -0.326 e. The van der Waals surface area contributed by atoms with Crippen molar-refractivity contribution in [1.29, 1.82) is 0 Å². The number of carbonyl (C=O) groups excluding carboxylic acids is 1. The fraction of sp³-hybridized carbons (Fsp3) is 0.889. The maximum atomic E-state index is 11.3. The Bertz CT molecular complexity index is 205. The summed E-state index contributed by atoms with van der Waals surface area (Å²) < 4.78 is 0. The maximum absolute atomic E-state index is 11.3. The molecule has 1 amide bonds. The van der Waals surface area contributed by atoms with E-state index in [9.17, 15) is 4.79 Å². The van der Waals surface area contributed by atoms with Gasteiger partial charge in [-0.3, -0.25) is 10.1 Å². The van der Waals surface area contributed by atoms with E-state index in [-0.39, 0.29) is 12.1 Å². The molecule has 0 radical (unpaired) electrons. The minimum absolute atomic E-state index is 0.255. The first kappa shape index (κ1) is 8.05. The molecular formula is C9H16N2O. The fourth-order valence-electron chi connectivity index (χ4n) is 1.83. The van der Waals surface area contributed by atoms with Gasteiger partial charge in [0.1, 0.15) is 0 Å². The molecule has 1 saturated carbocycles. The number of hydrogen-bond acceptors (Lipinski definition) is 2. The summed E-state index contributed by atoms with van der Waals surface area (Å²) in [7, 11) is 0. The van der Waals surface area contributed by atoms with Crippen molar-refractivity contribution in [1.82, 2.24) is 10.2 Å². The van der Waals surface area contributed by atoms with Crippen molar-refractivity contribution in [2.45, 2.75) is 26.4 Å². The third kappa shape index (κ3) is 1.33. The predicted octanol–water partition coefficient (Wildman–Crippen LogP) is 0.420. The lowest BCUT2D eigenvalue weighted by molar-refractivity contribution is -0.128. The van der Waals surface area contributed by atoms with Gasteiger partial charge in [-0.05, 0) is 25.2 Å². The van der Waals surface area contributed by atoms with Gasteiger partial charge in [-0.2, -0.15) is 0 Å². The van der Waals surface area contributed by atoms with Gasteiger partial charge in [0.2, 0.25) is 5.91 Å². The Hall–Kier alpha value is -0.570. The molecule has 3 nitrogen and oxygen atoms in total. The molecule has 1 aliphatic heterocycles. The SMILES string of the molecule is CC1CC1CN1C(=O)CNC1C. The predicted molar refractivity (Wildman–Crippen MR) is 46.4 cm³/mol. The second kappa shape index (κ2) is 2.73. The van der Waals surface area contributed by atoms with E-state index in [0.29, 0.717) is 6.54 Å². The van der Waals surface area contributed by atoms with Crippen LogP contribution >= 0.6 is 0 Å². The van der Waals surface area contributed by atoms with Crippen LogP contribution in [0.5, 0.6) is 0 Å². The molecule has 0 aromatic rings. The topological polar surface area (TPSA) is 32.3 Å². The molecule has 1 saturated heterocycles. The van der Waals surface area contributed by atoms with Crippen LogP contribution in [0.4, 0.5) is 0 Å². The molecule has 0 spiro atoms. The molecule has 0 bridgehead atoms. The second-order valence-electron chi connectivity index (χ2n) is 4.08. The Morgan fingerprint density at radius 3 is 2.67 bits per heavy atom. The van der Waals surface area contributed by atoms with E-state index in [2.05, 4.69) is 19.2 Å². The van der Waals surface area contributed by atoms with Gasteiger partial charge in [-0.1, -0.05) is 6.92 Å². The lowest BCUT2D eigenvalue weighted by Crippen LogP contribution is -2.36. The number of amides is 1. The monoisotopic (exact) mass is 168 g/mol. The zero-order chi connectivity index (χ0) is 8.72. The first-order valence-electron chi connectivity index (χ1n) is 4.71. The van der Waals surface area contributed by atoms with E-state index in [1.54, 1.807) is 0 Å². The van der Waals surface area contributed by atoms with Gasteiger partial charge in [0.15, 0.2) is 0 Å². The molecule has 2 rings (SSSR count). The Morgan fingerprint density at radius 1 is 1.58 bits per heavy atom. The average molecular weight is 168 g/mol. The number of nitrogens with zero attached hydrogens (tertiary/aromatic N) is 1. The largest absolute Gasteiger partial charge is 0.326 e. The number of carbonyl (C=O) groups is 1. The zero-order valence-corrected chi connectivity index (χ0v) is 7.71. The van der Waals surface area contributed by atoms with Crippen molar-refractivity contribution >= 4 is 5.91 Å². The summed E-state index contributed by atoms with van der Waals surface area (Å²) in [6, 6.07) is 0. The van der Waals surface area contributed by atoms with Gasteiger partial charge in [0.25, 0.3) is 0 Å². The lowest BCUT2D eigenvalue weighted by Gasteiger charge is -2.20. The Kier molecular flexibility index (Phi) is 1.83. The minimum atomic E-state index is 0.255. The summed E-state index contributed by atoms with van der Waals surface area (Å²) in [6.45, 7) is 5.80. The highest BCUT2D eigenvalue weighted by Gasteiger charge is 2.38. The third-order valence-corrected chi connectivity index (χ3v) is 3.04. The molecule has 3 atom stereocenters. The van der Waals surface area contributed by atoms with E-state index in [4.69, 9.17) is 0 Å². The Morgan fingerprint density at radius 2 is 2.25 bits per heavy atom. The van der Waals surface area contributed by atoms with Crippen LogP contribution < -0.4 is 5.32 Å². The summed E-state index contributed by atoms with van der Waals surface area (Å²) in [5.74, 6) is 1.88. The standard InChI is InChI=1S/C9H16N2O/c1-6-3-8(6)5-11-7(2)10-4-9(11)12/h6-8,10H,3-5H2,1-2H3. The van der Waals surface area contributed by atoms with Gasteiger partial charge in [0.05, 0.1) is 12.7 Å². The van der Waals surface area contributed by atoms with Gasteiger partial charge < -0.3 is 4.90 Å². The molecule has 3 unspecified atom stereocenters. The summed E-state index contributed by atoms with van der Waals surface area (Å²) in [4.78, 5) is 13.3. The van der Waals surface area contributed by atoms with Crippen LogP contribution in [0, 0.1) is 11.8 Å². The van der Waals surface area contributed by atoms with Crippen molar-refractivity contribution in [3.05, 3.63) is 0 Å². The van der Waals surface area contributed by atoms with Gasteiger partial charge >= 0.3 is 0 Å². The van der Waals surface area contributed by atoms with Crippen molar-refractivity contribution < 1.29 is 4.79 Å². The summed E-state index contributed by atoms with van der Waals surface area (Å²) in [5.41, 5.74) is 0. The number of hydrogen-bond donors (Lipinski definition) is 1. The molecular weight excluding hydrogens is 152 g/mol. The first-order valence-corrected chi connectivity index (χ1v) is 4.71. The summed E-state index contributed by atoms with van der Waals surface area (Å²) >= 11 is 0. The molecule has 1 aliphatic carbocycles. The van der Waals surface area contributed by atoms with Crippen LogP contribution in [-0.2, 0) is 4.79 Å². The van der Waals surface area contributed by atoms with E-state index < -0.39 is 0 Å². The third-order valence-electron chi connectivity index (χ3n) is 3.04. The molecule has 1 heterocycles. The summed E-state index contributed by atoms with van der Waals surface area (Å²) in [5, 5.41) is 3.14. The highest BCUT2D eigenvalue weighted by Crippen LogP contribution is 2.38. The highest BCUT2D eigenvalue weighted by atomic mass is 16.2. The van der Waals surface area contributed by atoms with E-state index in [1.807, 2.05) is 4.90 Å². The average Bonchev–Trinajstić information content (AvgIpc) is 2.63. The van der Waals surface area contributed by atoms with Crippen LogP contribution in [0.25, 0.3) is 0 Å². The zero-order valence-electron chi connectivity index (χ0n) is 7.71. The van der Waals surface area contributed by atoms with Crippen molar-refractivity contribution in [2.24, 2.45) is 11.8 Å². The van der Waals surface area contributed by atoms with E-state index in [0.717, 1.165) is 18.4 Å². The van der Waals surface area contributed by atoms with Crippen molar-refractivity contribution in [3.63, 3.8) is 0 Å². The first-order chi connectivity index (χ1) is 5.68. The van der Waals surface area contributed by atoms with Crippen molar-refractivity contribution in [2.75, 3.05) is 13.1 Å². The Balaban J connectivity index is 1.89. The summed E-state index contributed by atoms with van der Waals surface area (Å²) in [6.07, 6.45) is 1.56. The van der Waals surface area contributed by atoms with E-state index in [1.165, 1.54) is 6.42 Å². The van der Waals surface area contributed by atoms with E-state index >= 15 is 0 Å². The normalized spacial score (nSPS) is 40.7. The molecule has 0 aromatic heterocycles. The second-order valence-corrected chi connectivity index (χ2v) is 4.08. The number of nitrogens with one attached hydrogen (secondary N) is 1. The maximum Gasteiger partial charge on any atom is 0.237 e.